The Morgan fingerprint density at radius 3 is 2.21 bits per heavy atom. The van der Waals surface area contributed by atoms with Crippen LogP contribution in [0.2, 0.25) is 0 Å². The van der Waals surface area contributed by atoms with Gasteiger partial charge in [-0.15, -0.1) is 6.58 Å². The van der Waals surface area contributed by atoms with Crippen LogP contribution in [-0.4, -0.2) is 56.8 Å². The predicted molar refractivity (Wildman–Crippen MR) is 84.2 cm³/mol. The van der Waals surface area contributed by atoms with Crippen LogP contribution in [0.4, 0.5) is 0 Å². The Hall–Kier alpha value is -1.28. The molecule has 1 aromatic rings. The van der Waals surface area contributed by atoms with Crippen molar-refractivity contribution in [1.82, 2.24) is 0 Å². The molecule has 4 bridgehead atoms. The summed E-state index contributed by atoms with van der Waals surface area (Å²) in [6.07, 6.45) is 0.202. The smallest absolute Gasteiger partial charge is 0.272 e. The molecule has 3 heterocycles. The molecule has 3 saturated heterocycles. The summed E-state index contributed by atoms with van der Waals surface area (Å²) >= 11 is 0. The fourth-order valence-corrected chi connectivity index (χ4v) is 3.66. The quantitative estimate of drug-likeness (QED) is 0.707. The highest BCUT2D eigenvalue weighted by Crippen LogP contribution is 2.43. The third kappa shape index (κ3) is 2.79. The minimum Gasteiger partial charge on any atom is -0.376 e. The summed E-state index contributed by atoms with van der Waals surface area (Å²) in [4.78, 5) is 0. The highest BCUT2D eigenvalue weighted by molar-refractivity contribution is 5.14. The van der Waals surface area contributed by atoms with Gasteiger partial charge in [0.1, 0.15) is 36.6 Å². The highest BCUT2D eigenvalue weighted by Gasteiger charge is 2.63. The second-order valence-corrected chi connectivity index (χ2v) is 6.14. The molecule has 3 aliphatic heterocycles. The molecule has 0 amide bonds. The lowest BCUT2D eigenvalue weighted by Gasteiger charge is -2.58. The average molecular weight is 334 g/mol. The molecular formula is C18H22O6. The van der Waals surface area contributed by atoms with Gasteiger partial charge in [-0.2, -0.15) is 0 Å². The summed E-state index contributed by atoms with van der Waals surface area (Å²) < 4.78 is 35.1. The van der Waals surface area contributed by atoms with Crippen molar-refractivity contribution in [3.05, 3.63) is 48.6 Å². The van der Waals surface area contributed by atoms with E-state index >= 15 is 0 Å². The average Bonchev–Trinajstić information content (AvgIpc) is 2.62. The standard InChI is InChI=1S/C18H22O6/c1-3-9-20-13-15-12(19-2)16-14(17(13)24-18(22-15)23-16)21-10-11-7-5-4-6-8-11/h3-8,12-18H,1,9-10H2,2H3/t12-,13-,14+,15+,16-,17+,18?/m0/s1. The maximum atomic E-state index is 6.16. The number of hydrogen-bond donors (Lipinski definition) is 0. The van der Waals surface area contributed by atoms with Crippen molar-refractivity contribution in [1.29, 1.82) is 0 Å². The minimum atomic E-state index is -0.670. The number of rotatable bonds is 7. The van der Waals surface area contributed by atoms with Gasteiger partial charge in [-0.1, -0.05) is 36.4 Å². The first kappa shape index (κ1) is 16.2. The fourth-order valence-electron chi connectivity index (χ4n) is 3.66. The van der Waals surface area contributed by atoms with Crippen LogP contribution in [0.15, 0.2) is 43.0 Å². The zero-order chi connectivity index (χ0) is 16.5. The summed E-state index contributed by atoms with van der Waals surface area (Å²) in [6.45, 7) is 3.93. The fraction of sp³-hybridized carbons (Fsp3) is 0.556. The van der Waals surface area contributed by atoms with Crippen LogP contribution in [0.3, 0.4) is 0 Å². The van der Waals surface area contributed by atoms with Crippen molar-refractivity contribution in [3.63, 3.8) is 0 Å². The summed E-state index contributed by atoms with van der Waals surface area (Å²) in [5.74, 6) is 0. The van der Waals surface area contributed by atoms with Crippen LogP contribution in [-0.2, 0) is 35.0 Å². The third-order valence-electron chi connectivity index (χ3n) is 4.71. The van der Waals surface area contributed by atoms with Gasteiger partial charge in [-0.05, 0) is 5.56 Å². The van der Waals surface area contributed by atoms with Crippen molar-refractivity contribution < 1.29 is 28.4 Å². The Balaban J connectivity index is 1.53. The summed E-state index contributed by atoms with van der Waals surface area (Å²) in [7, 11) is 1.65. The van der Waals surface area contributed by atoms with Crippen molar-refractivity contribution in [2.75, 3.05) is 13.7 Å². The lowest BCUT2D eigenvalue weighted by molar-refractivity contribution is -0.487. The molecule has 5 rings (SSSR count). The summed E-state index contributed by atoms with van der Waals surface area (Å²) in [5.41, 5.74) is 1.10. The van der Waals surface area contributed by atoms with E-state index < -0.39 is 6.48 Å². The molecule has 0 aromatic heterocycles. The van der Waals surface area contributed by atoms with E-state index in [-0.39, 0.29) is 36.6 Å². The van der Waals surface area contributed by atoms with Crippen molar-refractivity contribution >= 4 is 0 Å². The first-order chi connectivity index (χ1) is 11.8. The van der Waals surface area contributed by atoms with Gasteiger partial charge in [0.05, 0.1) is 13.2 Å². The first-order valence-electron chi connectivity index (χ1n) is 8.19. The van der Waals surface area contributed by atoms with Gasteiger partial charge in [0, 0.05) is 7.11 Å². The maximum absolute atomic E-state index is 6.16. The van der Waals surface area contributed by atoms with E-state index in [4.69, 9.17) is 28.4 Å². The van der Waals surface area contributed by atoms with E-state index in [1.54, 1.807) is 13.2 Å². The third-order valence-corrected chi connectivity index (χ3v) is 4.71. The van der Waals surface area contributed by atoms with Gasteiger partial charge in [0.25, 0.3) is 6.48 Å². The molecule has 7 atom stereocenters. The molecule has 6 nitrogen and oxygen atoms in total. The molecule has 1 saturated carbocycles. The minimum absolute atomic E-state index is 0.228. The normalized spacial score (nSPS) is 40.0. The zero-order valence-corrected chi connectivity index (χ0v) is 13.6. The predicted octanol–water partition coefficient (Wildman–Crippen LogP) is 1.64. The maximum Gasteiger partial charge on any atom is 0.272 e. The van der Waals surface area contributed by atoms with Gasteiger partial charge in [-0.25, -0.2) is 0 Å². The van der Waals surface area contributed by atoms with E-state index in [0.29, 0.717) is 13.2 Å². The Kier molecular flexibility index (Phi) is 4.67. The molecule has 1 unspecified atom stereocenters. The molecular weight excluding hydrogens is 312 g/mol. The topological polar surface area (TPSA) is 55.4 Å². The Labute approximate surface area is 141 Å². The van der Waals surface area contributed by atoms with Crippen molar-refractivity contribution in [2.24, 2.45) is 0 Å². The molecule has 1 aliphatic carbocycles. The molecule has 0 spiro atoms. The molecule has 1 aromatic carbocycles. The van der Waals surface area contributed by atoms with Gasteiger partial charge in [-0.3, -0.25) is 0 Å². The molecule has 0 N–H and O–H groups in total. The lowest BCUT2D eigenvalue weighted by Crippen LogP contribution is -2.76. The Morgan fingerprint density at radius 1 is 0.958 bits per heavy atom. The van der Waals surface area contributed by atoms with Crippen molar-refractivity contribution in [2.45, 2.75) is 49.7 Å². The molecule has 130 valence electrons. The van der Waals surface area contributed by atoms with E-state index in [0.717, 1.165) is 5.56 Å². The zero-order valence-electron chi connectivity index (χ0n) is 13.6. The van der Waals surface area contributed by atoms with E-state index in [2.05, 4.69) is 6.58 Å². The van der Waals surface area contributed by atoms with Crippen LogP contribution in [0.1, 0.15) is 5.56 Å². The largest absolute Gasteiger partial charge is 0.376 e. The molecule has 4 aliphatic rings. The van der Waals surface area contributed by atoms with E-state index in [1.807, 2.05) is 30.3 Å². The van der Waals surface area contributed by atoms with Crippen LogP contribution < -0.4 is 0 Å². The number of ether oxygens (including phenoxy) is 6. The monoisotopic (exact) mass is 334 g/mol. The highest BCUT2D eigenvalue weighted by atomic mass is 16.9. The van der Waals surface area contributed by atoms with Crippen LogP contribution in [0, 0.1) is 0 Å². The van der Waals surface area contributed by atoms with Gasteiger partial charge in [0.15, 0.2) is 0 Å². The SMILES string of the molecule is C=CCO[C@@H]1[C@H]2OC3O[C@@H]1[C@H](OC)[C@H](O3)[C@H]2OCc1ccccc1. The lowest BCUT2D eigenvalue weighted by atomic mass is 9.82. The summed E-state index contributed by atoms with van der Waals surface area (Å²) in [5, 5.41) is 0. The second-order valence-electron chi connectivity index (χ2n) is 6.14. The Morgan fingerprint density at radius 2 is 1.58 bits per heavy atom. The molecule has 24 heavy (non-hydrogen) atoms. The Bertz CT molecular complexity index is 564. The van der Waals surface area contributed by atoms with Crippen LogP contribution >= 0.6 is 0 Å². The second kappa shape index (κ2) is 6.92. The van der Waals surface area contributed by atoms with Crippen molar-refractivity contribution in [3.8, 4) is 0 Å². The molecule has 6 heteroatoms. The first-order valence-corrected chi connectivity index (χ1v) is 8.19. The van der Waals surface area contributed by atoms with Crippen LogP contribution in [0.5, 0.6) is 0 Å². The number of hydrogen-bond acceptors (Lipinski definition) is 6. The van der Waals surface area contributed by atoms with Gasteiger partial charge >= 0.3 is 0 Å². The van der Waals surface area contributed by atoms with E-state index in [9.17, 15) is 0 Å². The molecule has 4 fully saturated rings. The molecule has 0 radical (unpaired) electrons. The van der Waals surface area contributed by atoms with Gasteiger partial charge in [0.2, 0.25) is 0 Å². The van der Waals surface area contributed by atoms with Crippen LogP contribution in [0.25, 0.3) is 0 Å². The van der Waals surface area contributed by atoms with E-state index in [1.165, 1.54) is 0 Å². The van der Waals surface area contributed by atoms with Gasteiger partial charge < -0.3 is 28.4 Å². The summed E-state index contributed by atoms with van der Waals surface area (Å²) in [6, 6.07) is 10.0. The number of benzene rings is 1. The number of methoxy groups -OCH3 is 1.